The van der Waals surface area contributed by atoms with Gasteiger partial charge in [-0.25, -0.2) is 9.59 Å². The largest absolute Gasteiger partial charge is 0.507 e. The molecule has 5 aromatic rings. The molecule has 3 aromatic carbocycles. The van der Waals surface area contributed by atoms with Crippen LogP contribution in [-0.2, 0) is 0 Å². The normalized spacial score (nSPS) is 11.2. The summed E-state index contributed by atoms with van der Waals surface area (Å²) in [5, 5.41) is 23.2. The van der Waals surface area contributed by atoms with Crippen LogP contribution in [0.25, 0.3) is 21.9 Å². The van der Waals surface area contributed by atoms with Crippen molar-refractivity contribution in [1.29, 1.82) is 0 Å². The highest BCUT2D eigenvalue weighted by atomic mass is 16.5. The average Bonchev–Trinajstić information content (AvgIpc) is 2.91. The molecule has 0 spiro atoms. The van der Waals surface area contributed by atoms with Crippen LogP contribution in [0.15, 0.2) is 79.1 Å². The minimum absolute atomic E-state index is 0.116. The Balaban J connectivity index is 1.96. The molecular weight excluding hydrogens is 480 g/mol. The van der Waals surface area contributed by atoms with Crippen molar-refractivity contribution in [1.82, 2.24) is 0 Å². The monoisotopic (exact) mass is 502 g/mol. The fourth-order valence-corrected chi connectivity index (χ4v) is 4.61. The van der Waals surface area contributed by atoms with Crippen LogP contribution in [0, 0.1) is 0 Å². The van der Waals surface area contributed by atoms with Gasteiger partial charge < -0.3 is 33.3 Å². The maximum Gasteiger partial charge on any atom is 0.344 e. The van der Waals surface area contributed by atoms with Crippen molar-refractivity contribution in [3.8, 4) is 28.7 Å². The lowest BCUT2D eigenvalue weighted by Gasteiger charge is -2.23. The van der Waals surface area contributed by atoms with Gasteiger partial charge in [-0.15, -0.1) is 0 Å². The van der Waals surface area contributed by atoms with Crippen molar-refractivity contribution in [3.05, 3.63) is 98.2 Å². The van der Waals surface area contributed by atoms with E-state index in [1.54, 1.807) is 48.5 Å². The Hall–Kier alpha value is -4.92. The average molecular weight is 502 g/mol. The SMILES string of the molecule is COc1ccc(C(c2c(O)c3ccccc3oc2=O)c2c(O)c3ccccc3oc2=O)c(OC)c1OC. The molecule has 2 heterocycles. The predicted molar refractivity (Wildman–Crippen MR) is 135 cm³/mol. The van der Waals surface area contributed by atoms with Gasteiger partial charge >= 0.3 is 11.3 Å². The number of para-hydroxylation sites is 2. The molecule has 0 aliphatic heterocycles. The van der Waals surface area contributed by atoms with E-state index in [-0.39, 0.29) is 50.1 Å². The number of hydrogen-bond acceptors (Lipinski definition) is 9. The van der Waals surface area contributed by atoms with E-state index >= 15 is 0 Å². The first-order valence-electron chi connectivity index (χ1n) is 11.2. The molecule has 0 atom stereocenters. The van der Waals surface area contributed by atoms with Gasteiger partial charge in [0.05, 0.1) is 49.1 Å². The van der Waals surface area contributed by atoms with Crippen molar-refractivity contribution < 1.29 is 33.3 Å². The second-order valence-corrected chi connectivity index (χ2v) is 8.15. The Kier molecular flexibility index (Phi) is 5.96. The lowest BCUT2D eigenvalue weighted by Crippen LogP contribution is -2.22. The van der Waals surface area contributed by atoms with E-state index in [0.717, 1.165) is 0 Å². The van der Waals surface area contributed by atoms with Gasteiger partial charge in [0.1, 0.15) is 22.7 Å². The molecule has 37 heavy (non-hydrogen) atoms. The highest BCUT2D eigenvalue weighted by Crippen LogP contribution is 2.49. The lowest BCUT2D eigenvalue weighted by molar-refractivity contribution is 0.321. The molecule has 2 N–H and O–H groups in total. The third-order valence-corrected chi connectivity index (χ3v) is 6.26. The first kappa shape index (κ1) is 23.8. The fraction of sp³-hybridized carbons (Fsp3) is 0.143. The molecule has 0 aliphatic rings. The van der Waals surface area contributed by atoms with Crippen LogP contribution in [0.1, 0.15) is 22.6 Å². The third-order valence-electron chi connectivity index (χ3n) is 6.26. The molecule has 0 saturated heterocycles. The van der Waals surface area contributed by atoms with Crippen LogP contribution >= 0.6 is 0 Å². The molecule has 0 unspecified atom stereocenters. The van der Waals surface area contributed by atoms with E-state index in [0.29, 0.717) is 5.75 Å². The summed E-state index contributed by atoms with van der Waals surface area (Å²) in [5.41, 5.74) is -1.88. The predicted octanol–water partition coefficient (Wildman–Crippen LogP) is 4.52. The molecule has 5 rings (SSSR count). The minimum atomic E-state index is -1.38. The Morgan fingerprint density at radius 1 is 0.649 bits per heavy atom. The van der Waals surface area contributed by atoms with E-state index in [1.807, 2.05) is 0 Å². The van der Waals surface area contributed by atoms with Crippen molar-refractivity contribution in [2.45, 2.75) is 5.92 Å². The molecule has 0 fully saturated rings. The zero-order chi connectivity index (χ0) is 26.3. The van der Waals surface area contributed by atoms with Gasteiger partial charge in [-0.3, -0.25) is 0 Å². The van der Waals surface area contributed by atoms with E-state index in [2.05, 4.69) is 0 Å². The van der Waals surface area contributed by atoms with Gasteiger partial charge in [0.25, 0.3) is 0 Å². The Morgan fingerprint density at radius 3 is 1.59 bits per heavy atom. The molecular formula is C28H22O9. The maximum atomic E-state index is 13.4. The summed E-state index contributed by atoms with van der Waals surface area (Å²) in [7, 11) is 4.23. The summed E-state index contributed by atoms with van der Waals surface area (Å²) in [6.07, 6.45) is 0. The minimum Gasteiger partial charge on any atom is -0.507 e. The van der Waals surface area contributed by atoms with Crippen LogP contribution in [0.5, 0.6) is 28.7 Å². The molecule has 0 aliphatic carbocycles. The smallest absolute Gasteiger partial charge is 0.344 e. The molecule has 0 amide bonds. The molecule has 188 valence electrons. The van der Waals surface area contributed by atoms with Crippen molar-refractivity contribution in [3.63, 3.8) is 0 Å². The summed E-state index contributed by atoms with van der Waals surface area (Å²) in [6, 6.07) is 16.0. The Labute approximate surface area is 209 Å². The zero-order valence-corrected chi connectivity index (χ0v) is 20.1. The van der Waals surface area contributed by atoms with Crippen LogP contribution in [0.4, 0.5) is 0 Å². The van der Waals surface area contributed by atoms with E-state index in [1.165, 1.54) is 33.5 Å². The molecule has 9 nitrogen and oxygen atoms in total. The van der Waals surface area contributed by atoms with Crippen molar-refractivity contribution in [2.24, 2.45) is 0 Å². The lowest BCUT2D eigenvalue weighted by atomic mass is 9.84. The standard InChI is InChI=1S/C28H22O9/c1-33-19-13-12-16(25(34-2)26(19)35-3)20(21-23(29)14-8-4-6-10-17(14)36-27(21)31)22-24(30)15-9-5-7-11-18(15)37-28(22)32/h4-13,20,29-30H,1-3H3. The fourth-order valence-electron chi connectivity index (χ4n) is 4.61. The maximum absolute atomic E-state index is 13.4. The Bertz CT molecular complexity index is 1670. The van der Waals surface area contributed by atoms with Crippen molar-refractivity contribution in [2.75, 3.05) is 21.3 Å². The van der Waals surface area contributed by atoms with Gasteiger partial charge in [0.2, 0.25) is 5.75 Å². The molecule has 2 aromatic heterocycles. The molecule has 0 saturated carbocycles. The van der Waals surface area contributed by atoms with Gasteiger partial charge in [-0.2, -0.15) is 0 Å². The number of rotatable bonds is 6. The van der Waals surface area contributed by atoms with Gasteiger partial charge in [-0.05, 0) is 30.3 Å². The summed E-state index contributed by atoms with van der Waals surface area (Å²) >= 11 is 0. The Morgan fingerprint density at radius 2 is 1.14 bits per heavy atom. The van der Waals surface area contributed by atoms with E-state index < -0.39 is 28.7 Å². The van der Waals surface area contributed by atoms with E-state index in [4.69, 9.17) is 23.0 Å². The number of benzene rings is 3. The number of hydrogen-bond donors (Lipinski definition) is 2. The quantitative estimate of drug-likeness (QED) is 0.322. The highest BCUT2D eigenvalue weighted by Gasteiger charge is 2.35. The van der Waals surface area contributed by atoms with Crippen LogP contribution in [0.3, 0.4) is 0 Å². The summed E-state index contributed by atoms with van der Waals surface area (Å²) in [4.78, 5) is 26.7. The number of methoxy groups -OCH3 is 3. The molecule has 9 heteroatoms. The molecule has 0 radical (unpaired) electrons. The summed E-state index contributed by atoms with van der Waals surface area (Å²) in [6.45, 7) is 0. The van der Waals surface area contributed by atoms with Crippen LogP contribution < -0.4 is 25.5 Å². The van der Waals surface area contributed by atoms with E-state index in [9.17, 15) is 19.8 Å². The van der Waals surface area contributed by atoms with Gasteiger partial charge in [0, 0.05) is 5.56 Å². The number of ether oxygens (including phenoxy) is 3. The number of aromatic hydroxyl groups is 2. The first-order valence-corrected chi connectivity index (χ1v) is 11.2. The zero-order valence-electron chi connectivity index (χ0n) is 20.1. The molecule has 0 bridgehead atoms. The van der Waals surface area contributed by atoms with Gasteiger partial charge in [0.15, 0.2) is 11.5 Å². The van der Waals surface area contributed by atoms with Crippen molar-refractivity contribution >= 4 is 21.9 Å². The first-order chi connectivity index (χ1) is 17.9. The van der Waals surface area contributed by atoms with Gasteiger partial charge in [-0.1, -0.05) is 30.3 Å². The van der Waals surface area contributed by atoms with Crippen LogP contribution in [0.2, 0.25) is 0 Å². The highest BCUT2D eigenvalue weighted by molar-refractivity contribution is 5.87. The summed E-state index contributed by atoms with van der Waals surface area (Å²) in [5.74, 6) is -1.59. The second-order valence-electron chi connectivity index (χ2n) is 8.15. The topological polar surface area (TPSA) is 129 Å². The second kappa shape index (κ2) is 9.27. The van der Waals surface area contributed by atoms with Crippen LogP contribution in [-0.4, -0.2) is 31.5 Å². The summed E-state index contributed by atoms with van der Waals surface area (Å²) < 4.78 is 27.5. The third kappa shape index (κ3) is 3.72. The number of fused-ring (bicyclic) bond motifs is 2.